The van der Waals surface area contributed by atoms with E-state index in [0.717, 1.165) is 40.9 Å². The van der Waals surface area contributed by atoms with Gasteiger partial charge in [-0.25, -0.2) is 9.97 Å². The van der Waals surface area contributed by atoms with Crippen LogP contribution in [0.2, 0.25) is 0 Å². The molecule has 0 radical (unpaired) electrons. The smallest absolute Gasteiger partial charge is 0.223 e. The highest BCUT2D eigenvalue weighted by Crippen LogP contribution is 2.27. The van der Waals surface area contributed by atoms with Crippen molar-refractivity contribution in [2.24, 2.45) is 0 Å². The van der Waals surface area contributed by atoms with E-state index in [1.807, 2.05) is 43.2 Å². The van der Waals surface area contributed by atoms with Crippen LogP contribution in [-0.2, 0) is 11.2 Å². The lowest BCUT2D eigenvalue weighted by Crippen LogP contribution is -2.48. The molecule has 0 unspecified atom stereocenters. The molecule has 27 heavy (non-hydrogen) atoms. The fraction of sp³-hybridized carbons (Fsp3) is 0.450. The zero-order valence-corrected chi connectivity index (χ0v) is 16.9. The molecule has 2 aromatic rings. The third-order valence-corrected chi connectivity index (χ3v) is 5.57. The monoisotopic (exact) mass is 386 g/mol. The second-order valence-corrected chi connectivity index (χ2v) is 7.49. The van der Waals surface area contributed by atoms with Crippen molar-refractivity contribution in [3.05, 3.63) is 41.2 Å². The number of thioether (sulfide) groups is 1. The highest BCUT2D eigenvalue weighted by Gasteiger charge is 2.22. The van der Waals surface area contributed by atoms with Crippen LogP contribution in [0.3, 0.4) is 0 Å². The number of phenols is 1. The quantitative estimate of drug-likeness (QED) is 0.629. The number of amides is 1. The van der Waals surface area contributed by atoms with Gasteiger partial charge in [0.1, 0.15) is 5.75 Å². The summed E-state index contributed by atoms with van der Waals surface area (Å²) in [4.78, 5) is 25.7. The van der Waals surface area contributed by atoms with Crippen LogP contribution in [0.25, 0.3) is 0 Å². The summed E-state index contributed by atoms with van der Waals surface area (Å²) in [5.41, 5.74) is 3.84. The molecule has 0 saturated carbocycles. The molecule has 1 N–H and O–H groups in total. The normalized spacial score (nSPS) is 14.5. The molecule has 2 heterocycles. The Morgan fingerprint density at radius 2 is 1.74 bits per heavy atom. The Kier molecular flexibility index (Phi) is 6.21. The summed E-state index contributed by atoms with van der Waals surface area (Å²) in [6.45, 7) is 6.78. The molecule has 3 rings (SSSR count). The summed E-state index contributed by atoms with van der Waals surface area (Å²) < 4.78 is 0. The van der Waals surface area contributed by atoms with Crippen LogP contribution in [-0.4, -0.2) is 58.3 Å². The van der Waals surface area contributed by atoms with Gasteiger partial charge in [-0.3, -0.25) is 4.79 Å². The minimum absolute atomic E-state index is 0.166. The Morgan fingerprint density at radius 1 is 1.11 bits per heavy atom. The predicted molar refractivity (Wildman–Crippen MR) is 109 cm³/mol. The second-order valence-electron chi connectivity index (χ2n) is 6.72. The molecule has 1 aliphatic heterocycles. The molecule has 0 atom stereocenters. The third kappa shape index (κ3) is 4.53. The van der Waals surface area contributed by atoms with Gasteiger partial charge < -0.3 is 14.9 Å². The van der Waals surface area contributed by atoms with E-state index < -0.39 is 0 Å². The summed E-state index contributed by atoms with van der Waals surface area (Å²) >= 11 is 1.53. The van der Waals surface area contributed by atoms with E-state index in [2.05, 4.69) is 14.9 Å². The van der Waals surface area contributed by atoms with Gasteiger partial charge in [0.05, 0.1) is 5.69 Å². The number of rotatable bonds is 5. The molecular formula is C20H26N4O2S. The first kappa shape index (κ1) is 19.5. The van der Waals surface area contributed by atoms with Gasteiger partial charge in [0.25, 0.3) is 0 Å². The number of benzene rings is 1. The van der Waals surface area contributed by atoms with E-state index in [1.165, 1.54) is 11.8 Å². The Balaban J connectivity index is 1.55. The summed E-state index contributed by atoms with van der Waals surface area (Å²) in [6, 6.07) is 7.35. The fourth-order valence-corrected chi connectivity index (χ4v) is 3.94. The van der Waals surface area contributed by atoms with Gasteiger partial charge in [-0.15, -0.1) is 0 Å². The number of piperazine rings is 1. The first-order chi connectivity index (χ1) is 13.0. The standard InChI is InChI=1S/C20H26N4O2S/c1-14-16(15(2)22-20(21-14)27-3)8-9-19(26)24-12-10-23(11-13-24)17-6-4-5-7-18(17)25/h4-7,25H,8-13H2,1-3H3. The molecule has 0 bridgehead atoms. The molecule has 1 fully saturated rings. The van der Waals surface area contributed by atoms with Gasteiger partial charge in [-0.2, -0.15) is 0 Å². The molecule has 1 saturated heterocycles. The van der Waals surface area contributed by atoms with Crippen LogP contribution < -0.4 is 4.90 Å². The maximum Gasteiger partial charge on any atom is 0.223 e. The van der Waals surface area contributed by atoms with E-state index in [9.17, 15) is 9.90 Å². The minimum atomic E-state index is 0.166. The highest BCUT2D eigenvalue weighted by molar-refractivity contribution is 7.98. The van der Waals surface area contributed by atoms with Crippen LogP contribution in [0.15, 0.2) is 29.4 Å². The second kappa shape index (κ2) is 8.61. The zero-order chi connectivity index (χ0) is 19.4. The summed E-state index contributed by atoms with van der Waals surface area (Å²) in [5, 5.41) is 10.8. The maximum atomic E-state index is 12.6. The molecule has 7 heteroatoms. The fourth-order valence-electron chi connectivity index (χ4n) is 3.48. The zero-order valence-electron chi connectivity index (χ0n) is 16.1. The number of aromatic nitrogens is 2. The minimum Gasteiger partial charge on any atom is -0.506 e. The Morgan fingerprint density at radius 3 is 2.33 bits per heavy atom. The van der Waals surface area contributed by atoms with Crippen molar-refractivity contribution in [3.8, 4) is 5.75 Å². The first-order valence-corrected chi connectivity index (χ1v) is 10.4. The number of hydrogen-bond donors (Lipinski definition) is 1. The molecule has 1 aliphatic rings. The van der Waals surface area contributed by atoms with Crippen molar-refractivity contribution in [2.75, 3.05) is 37.3 Å². The average molecular weight is 387 g/mol. The number of para-hydroxylation sites is 2. The van der Waals surface area contributed by atoms with Crippen LogP contribution in [0.5, 0.6) is 5.75 Å². The number of hydrogen-bond acceptors (Lipinski definition) is 6. The average Bonchev–Trinajstić information content (AvgIpc) is 2.67. The number of nitrogens with zero attached hydrogens (tertiary/aromatic N) is 4. The lowest BCUT2D eigenvalue weighted by molar-refractivity contribution is -0.131. The number of phenolic OH excluding ortho intramolecular Hbond substituents is 1. The third-order valence-electron chi connectivity index (χ3n) is 5.03. The Hall–Kier alpha value is -2.28. The molecule has 1 amide bonds. The summed E-state index contributed by atoms with van der Waals surface area (Å²) in [6.07, 6.45) is 3.11. The summed E-state index contributed by atoms with van der Waals surface area (Å²) in [7, 11) is 0. The van der Waals surface area contributed by atoms with Crippen molar-refractivity contribution >= 4 is 23.4 Å². The number of aryl methyl sites for hydroxylation is 2. The van der Waals surface area contributed by atoms with Crippen molar-refractivity contribution in [3.63, 3.8) is 0 Å². The van der Waals surface area contributed by atoms with Crippen molar-refractivity contribution < 1.29 is 9.90 Å². The lowest BCUT2D eigenvalue weighted by Gasteiger charge is -2.36. The molecule has 0 aliphatic carbocycles. The Labute approximate surface area is 164 Å². The number of anilines is 1. The van der Waals surface area contributed by atoms with Gasteiger partial charge in [0.2, 0.25) is 5.91 Å². The van der Waals surface area contributed by atoms with E-state index >= 15 is 0 Å². The molecule has 1 aromatic heterocycles. The highest BCUT2D eigenvalue weighted by atomic mass is 32.2. The maximum absolute atomic E-state index is 12.6. The topological polar surface area (TPSA) is 69.6 Å². The summed E-state index contributed by atoms with van der Waals surface area (Å²) in [5.74, 6) is 0.455. The largest absolute Gasteiger partial charge is 0.506 e. The van der Waals surface area contributed by atoms with E-state index in [1.54, 1.807) is 6.07 Å². The molecular weight excluding hydrogens is 360 g/mol. The molecule has 6 nitrogen and oxygen atoms in total. The number of carbonyl (C=O) groups is 1. The van der Waals surface area contributed by atoms with Crippen LogP contribution in [0.1, 0.15) is 23.4 Å². The first-order valence-electron chi connectivity index (χ1n) is 9.18. The van der Waals surface area contributed by atoms with Gasteiger partial charge in [-0.1, -0.05) is 23.9 Å². The SMILES string of the molecule is CSc1nc(C)c(CCC(=O)N2CCN(c3ccccc3O)CC2)c(C)n1. The van der Waals surface area contributed by atoms with Gasteiger partial charge in [0, 0.05) is 44.0 Å². The molecule has 1 aromatic carbocycles. The van der Waals surface area contributed by atoms with Crippen LogP contribution in [0.4, 0.5) is 5.69 Å². The van der Waals surface area contributed by atoms with Crippen LogP contribution in [0, 0.1) is 13.8 Å². The van der Waals surface area contributed by atoms with E-state index in [-0.39, 0.29) is 11.7 Å². The number of carbonyl (C=O) groups excluding carboxylic acids is 1. The van der Waals surface area contributed by atoms with E-state index in [0.29, 0.717) is 25.9 Å². The number of aromatic hydroxyl groups is 1. The molecule has 0 spiro atoms. The Bertz CT molecular complexity index is 796. The van der Waals surface area contributed by atoms with Gasteiger partial charge in [-0.05, 0) is 44.2 Å². The van der Waals surface area contributed by atoms with Crippen molar-refractivity contribution in [1.82, 2.24) is 14.9 Å². The van der Waals surface area contributed by atoms with E-state index in [4.69, 9.17) is 0 Å². The van der Waals surface area contributed by atoms with Crippen molar-refractivity contribution in [1.29, 1.82) is 0 Å². The van der Waals surface area contributed by atoms with Crippen LogP contribution >= 0.6 is 11.8 Å². The lowest BCUT2D eigenvalue weighted by atomic mass is 10.1. The van der Waals surface area contributed by atoms with Gasteiger partial charge in [0.15, 0.2) is 5.16 Å². The van der Waals surface area contributed by atoms with Gasteiger partial charge >= 0.3 is 0 Å². The van der Waals surface area contributed by atoms with Crippen molar-refractivity contribution in [2.45, 2.75) is 31.8 Å². The molecule has 144 valence electrons. The predicted octanol–water partition coefficient (Wildman–Crippen LogP) is 2.80.